The lowest BCUT2D eigenvalue weighted by molar-refractivity contribution is -0.384. The van der Waals surface area contributed by atoms with E-state index in [-0.39, 0.29) is 23.0 Å². The monoisotopic (exact) mass is 461 g/mol. The minimum Gasteiger partial charge on any atom is -0.353 e. The van der Waals surface area contributed by atoms with E-state index in [0.29, 0.717) is 27.4 Å². The Morgan fingerprint density at radius 2 is 1.79 bits per heavy atom. The SMILES string of the molecule is CCc1ccc([C@@H]2C(C#N)=C(SCC(=O)c3ccc([N+](=O)[O-])cc3)NC(C)=C2C(C)=O)cc1. The fraction of sp³-hybridized carbons (Fsp3) is 0.240. The number of carbonyl (C=O) groups excluding carboxylic acids is 2. The van der Waals surface area contributed by atoms with E-state index in [0.717, 1.165) is 17.5 Å². The van der Waals surface area contributed by atoms with E-state index in [4.69, 9.17) is 0 Å². The third-order valence-electron chi connectivity index (χ3n) is 5.50. The van der Waals surface area contributed by atoms with Crippen molar-refractivity contribution >= 4 is 29.0 Å². The number of nitriles is 1. The average molecular weight is 462 g/mol. The Hall–Kier alpha value is -3.70. The molecule has 1 aliphatic rings. The van der Waals surface area contributed by atoms with Crippen molar-refractivity contribution in [2.45, 2.75) is 33.1 Å². The highest BCUT2D eigenvalue weighted by molar-refractivity contribution is 8.03. The third kappa shape index (κ3) is 5.21. The Morgan fingerprint density at radius 3 is 2.30 bits per heavy atom. The van der Waals surface area contributed by atoms with Gasteiger partial charge in [-0.05, 0) is 43.5 Å². The van der Waals surface area contributed by atoms with E-state index in [2.05, 4.69) is 18.3 Å². The molecule has 0 saturated carbocycles. The number of aryl methyl sites for hydroxylation is 1. The highest BCUT2D eigenvalue weighted by atomic mass is 32.2. The maximum atomic E-state index is 12.6. The van der Waals surface area contributed by atoms with Crippen molar-refractivity contribution in [3.63, 3.8) is 0 Å². The smallest absolute Gasteiger partial charge is 0.269 e. The topological polar surface area (TPSA) is 113 Å². The molecule has 2 aromatic rings. The van der Waals surface area contributed by atoms with Crippen LogP contribution in [0.15, 0.2) is 70.4 Å². The van der Waals surface area contributed by atoms with Crippen molar-refractivity contribution < 1.29 is 14.5 Å². The highest BCUT2D eigenvalue weighted by Gasteiger charge is 2.33. The minimum atomic E-state index is -0.520. The molecule has 1 heterocycles. The van der Waals surface area contributed by atoms with E-state index in [1.807, 2.05) is 24.3 Å². The summed E-state index contributed by atoms with van der Waals surface area (Å²) in [5.74, 6) is -0.820. The third-order valence-corrected chi connectivity index (χ3v) is 6.51. The number of benzene rings is 2. The molecule has 168 valence electrons. The van der Waals surface area contributed by atoms with Gasteiger partial charge in [0.25, 0.3) is 5.69 Å². The Kier molecular flexibility index (Phi) is 7.46. The number of nitro groups is 1. The van der Waals surface area contributed by atoms with E-state index >= 15 is 0 Å². The summed E-state index contributed by atoms with van der Waals surface area (Å²) in [5, 5.41) is 24.5. The standard InChI is InChI=1S/C25H23N3O4S/c1-4-17-5-7-19(8-6-17)24-21(13-26)25(27-15(2)23(24)16(3)29)33-14-22(30)18-9-11-20(12-10-18)28(31)32/h5-12,24,27H,4,14H2,1-3H3/t24-/m1/s1. The van der Waals surface area contributed by atoms with Crippen LogP contribution in [0, 0.1) is 21.4 Å². The minimum absolute atomic E-state index is 0.0372. The van der Waals surface area contributed by atoms with Gasteiger partial charge >= 0.3 is 0 Å². The van der Waals surface area contributed by atoms with E-state index in [1.165, 1.54) is 43.0 Å². The molecule has 8 heteroatoms. The van der Waals surface area contributed by atoms with Gasteiger partial charge in [-0.1, -0.05) is 43.0 Å². The predicted molar refractivity (Wildman–Crippen MR) is 128 cm³/mol. The Morgan fingerprint density at radius 1 is 1.15 bits per heavy atom. The van der Waals surface area contributed by atoms with E-state index in [1.54, 1.807) is 6.92 Å². The molecule has 0 saturated heterocycles. The molecule has 0 aromatic heterocycles. The first-order valence-corrected chi connectivity index (χ1v) is 11.4. The number of dihydropyridines is 1. The van der Waals surface area contributed by atoms with Crippen molar-refractivity contribution in [2.75, 3.05) is 5.75 Å². The summed E-state index contributed by atoms with van der Waals surface area (Å²) in [4.78, 5) is 35.4. The van der Waals surface area contributed by atoms with Crippen molar-refractivity contribution in [3.05, 3.63) is 97.2 Å². The van der Waals surface area contributed by atoms with Gasteiger partial charge in [-0.15, -0.1) is 0 Å². The molecular weight excluding hydrogens is 438 g/mol. The number of thioether (sulfide) groups is 1. The molecule has 0 amide bonds. The largest absolute Gasteiger partial charge is 0.353 e. The number of hydrogen-bond acceptors (Lipinski definition) is 7. The fourth-order valence-corrected chi connectivity index (χ4v) is 4.75. The summed E-state index contributed by atoms with van der Waals surface area (Å²) in [7, 11) is 0. The number of nitrogens with one attached hydrogen (secondary N) is 1. The highest BCUT2D eigenvalue weighted by Crippen LogP contribution is 2.41. The van der Waals surface area contributed by atoms with Crippen molar-refractivity contribution in [1.82, 2.24) is 5.32 Å². The second-order valence-electron chi connectivity index (χ2n) is 7.62. The molecular formula is C25H23N3O4S. The number of hydrogen-bond donors (Lipinski definition) is 1. The molecule has 0 spiro atoms. The zero-order chi connectivity index (χ0) is 24.1. The quantitative estimate of drug-likeness (QED) is 0.332. The number of Topliss-reactive ketones (excluding diaryl/α,β-unsaturated/α-hetero) is 2. The van der Waals surface area contributed by atoms with Gasteiger partial charge in [0.1, 0.15) is 0 Å². The molecule has 1 atom stereocenters. The number of allylic oxidation sites excluding steroid dienone is 3. The van der Waals surface area contributed by atoms with Gasteiger partial charge in [-0.3, -0.25) is 19.7 Å². The molecule has 2 aromatic carbocycles. The van der Waals surface area contributed by atoms with E-state index < -0.39 is 10.8 Å². The molecule has 0 unspecified atom stereocenters. The van der Waals surface area contributed by atoms with Gasteiger partial charge in [0.05, 0.1) is 33.3 Å². The van der Waals surface area contributed by atoms with Gasteiger partial charge < -0.3 is 5.32 Å². The van der Waals surface area contributed by atoms with Crippen LogP contribution in [0.4, 0.5) is 5.69 Å². The van der Waals surface area contributed by atoms with Crippen LogP contribution < -0.4 is 5.32 Å². The number of nitrogens with zero attached hydrogens (tertiary/aromatic N) is 2. The lowest BCUT2D eigenvalue weighted by atomic mass is 9.81. The molecule has 0 radical (unpaired) electrons. The molecule has 33 heavy (non-hydrogen) atoms. The molecule has 0 aliphatic carbocycles. The first-order valence-electron chi connectivity index (χ1n) is 10.4. The first-order chi connectivity index (χ1) is 15.8. The zero-order valence-electron chi connectivity index (χ0n) is 18.5. The zero-order valence-corrected chi connectivity index (χ0v) is 19.4. The summed E-state index contributed by atoms with van der Waals surface area (Å²) in [6.07, 6.45) is 0.883. The maximum absolute atomic E-state index is 12.6. The second kappa shape index (κ2) is 10.3. The molecule has 0 bridgehead atoms. The summed E-state index contributed by atoms with van der Waals surface area (Å²) in [6.45, 7) is 5.33. The van der Waals surface area contributed by atoms with Crippen LogP contribution in [0.5, 0.6) is 0 Å². The summed E-state index contributed by atoms with van der Waals surface area (Å²) >= 11 is 1.18. The number of rotatable bonds is 8. The van der Waals surface area contributed by atoms with Gasteiger partial charge in [-0.2, -0.15) is 5.26 Å². The van der Waals surface area contributed by atoms with Crippen LogP contribution in [-0.2, 0) is 11.2 Å². The molecule has 1 N–H and O–H groups in total. The molecule has 7 nitrogen and oxygen atoms in total. The first kappa shape index (κ1) is 24.0. The number of non-ortho nitro benzene ring substituents is 1. The van der Waals surface area contributed by atoms with Crippen LogP contribution in [0.25, 0.3) is 0 Å². The maximum Gasteiger partial charge on any atom is 0.269 e. The van der Waals surface area contributed by atoms with Gasteiger partial charge in [0.2, 0.25) is 0 Å². The fourth-order valence-electron chi connectivity index (χ4n) is 3.76. The van der Waals surface area contributed by atoms with Gasteiger partial charge in [-0.25, -0.2) is 0 Å². The summed E-state index contributed by atoms with van der Waals surface area (Å²) in [6, 6.07) is 15.5. The number of carbonyl (C=O) groups is 2. The van der Waals surface area contributed by atoms with Gasteiger partial charge in [0.15, 0.2) is 11.6 Å². The number of nitro benzene ring substituents is 1. The van der Waals surface area contributed by atoms with Crippen LogP contribution in [0.3, 0.4) is 0 Å². The van der Waals surface area contributed by atoms with Crippen LogP contribution in [-0.4, -0.2) is 22.2 Å². The second-order valence-corrected chi connectivity index (χ2v) is 8.60. The van der Waals surface area contributed by atoms with Crippen molar-refractivity contribution in [1.29, 1.82) is 5.26 Å². The summed E-state index contributed by atoms with van der Waals surface area (Å²) < 4.78 is 0. The molecule has 1 aliphatic heterocycles. The molecule has 0 fully saturated rings. The molecule has 3 rings (SSSR count). The Bertz CT molecular complexity index is 1210. The summed E-state index contributed by atoms with van der Waals surface area (Å²) in [5.41, 5.74) is 3.83. The lowest BCUT2D eigenvalue weighted by Crippen LogP contribution is -2.27. The lowest BCUT2D eigenvalue weighted by Gasteiger charge is -2.29. The average Bonchev–Trinajstić information content (AvgIpc) is 2.81. The van der Waals surface area contributed by atoms with Crippen LogP contribution in [0.2, 0.25) is 0 Å². The van der Waals surface area contributed by atoms with Crippen molar-refractivity contribution in [2.24, 2.45) is 0 Å². The number of ketones is 2. The Balaban J connectivity index is 1.91. The predicted octanol–water partition coefficient (Wildman–Crippen LogP) is 5.06. The van der Waals surface area contributed by atoms with Crippen molar-refractivity contribution in [3.8, 4) is 6.07 Å². The van der Waals surface area contributed by atoms with Crippen LogP contribution in [0.1, 0.15) is 48.2 Å². The van der Waals surface area contributed by atoms with Crippen LogP contribution >= 0.6 is 11.8 Å². The van der Waals surface area contributed by atoms with E-state index in [9.17, 15) is 25.0 Å². The normalized spacial score (nSPS) is 15.6. The Labute approximate surface area is 196 Å². The van der Waals surface area contributed by atoms with Gasteiger partial charge in [0, 0.05) is 29.0 Å².